The minimum Gasteiger partial charge on any atom is -0.318 e. The topological polar surface area (TPSA) is 15.6 Å². The van der Waals surface area contributed by atoms with Gasteiger partial charge in [-0.1, -0.05) is 43.3 Å². The van der Waals surface area contributed by atoms with Gasteiger partial charge in [0, 0.05) is 11.4 Å². The molecule has 2 aliphatic rings. The second kappa shape index (κ2) is 5.49. The maximum atomic E-state index is 13.1. The van der Waals surface area contributed by atoms with E-state index in [0.29, 0.717) is 18.7 Å². The maximum absolute atomic E-state index is 13.1. The summed E-state index contributed by atoms with van der Waals surface area (Å²) in [6.07, 6.45) is -4.46. The van der Waals surface area contributed by atoms with Crippen molar-refractivity contribution < 1.29 is 13.2 Å². The summed E-state index contributed by atoms with van der Waals surface area (Å²) in [5.74, 6) is 0.221. The van der Waals surface area contributed by atoms with Gasteiger partial charge in [-0.25, -0.2) is 0 Å². The van der Waals surface area contributed by atoms with E-state index in [1.807, 2.05) is 18.7 Å². The molecule has 7 heteroatoms. The Morgan fingerprint density at radius 3 is 2.68 bits per heavy atom. The van der Waals surface area contributed by atoms with E-state index in [1.54, 1.807) is 17.8 Å². The van der Waals surface area contributed by atoms with Crippen LogP contribution in [0.3, 0.4) is 0 Å². The molecule has 0 saturated heterocycles. The first-order chi connectivity index (χ1) is 10.3. The first-order valence-corrected chi connectivity index (χ1v) is 8.09. The SMILES string of the molecule is CC(C)C1=C(c2ccc(Cl)c(C(F)(F)F)c2)N2CCN=C2S1. The molecule has 0 aliphatic carbocycles. The van der Waals surface area contributed by atoms with Gasteiger partial charge in [-0.3, -0.25) is 4.99 Å². The van der Waals surface area contributed by atoms with E-state index in [2.05, 4.69) is 4.99 Å². The molecule has 1 aromatic rings. The van der Waals surface area contributed by atoms with Crippen LogP contribution < -0.4 is 0 Å². The molecule has 22 heavy (non-hydrogen) atoms. The van der Waals surface area contributed by atoms with Crippen LogP contribution in [0.4, 0.5) is 13.2 Å². The summed E-state index contributed by atoms with van der Waals surface area (Å²) in [6, 6.07) is 4.11. The van der Waals surface area contributed by atoms with Gasteiger partial charge in [-0.15, -0.1) is 0 Å². The predicted molar refractivity (Wildman–Crippen MR) is 84.8 cm³/mol. The van der Waals surface area contributed by atoms with Crippen LogP contribution >= 0.6 is 23.4 Å². The highest BCUT2D eigenvalue weighted by Gasteiger charge is 2.37. The second-order valence-corrected chi connectivity index (χ2v) is 6.89. The van der Waals surface area contributed by atoms with Gasteiger partial charge in [0.2, 0.25) is 0 Å². The number of alkyl halides is 3. The highest BCUT2D eigenvalue weighted by atomic mass is 35.5. The van der Waals surface area contributed by atoms with E-state index in [-0.39, 0.29) is 10.9 Å². The van der Waals surface area contributed by atoms with Gasteiger partial charge in [0.15, 0.2) is 5.17 Å². The maximum Gasteiger partial charge on any atom is 0.417 e. The van der Waals surface area contributed by atoms with Crippen LogP contribution in [0.2, 0.25) is 5.02 Å². The largest absolute Gasteiger partial charge is 0.417 e. The average Bonchev–Trinajstić information content (AvgIpc) is 2.98. The van der Waals surface area contributed by atoms with Crippen LogP contribution in [-0.4, -0.2) is 23.2 Å². The summed E-state index contributed by atoms with van der Waals surface area (Å²) in [5.41, 5.74) is 0.579. The molecule has 0 spiro atoms. The summed E-state index contributed by atoms with van der Waals surface area (Å²) < 4.78 is 39.3. The molecule has 2 heterocycles. The summed E-state index contributed by atoms with van der Waals surface area (Å²) in [6.45, 7) is 5.45. The molecular formula is C15H14ClF3N2S. The molecule has 0 N–H and O–H groups in total. The van der Waals surface area contributed by atoms with Crippen LogP contribution in [0.15, 0.2) is 28.1 Å². The lowest BCUT2D eigenvalue weighted by Gasteiger charge is -2.20. The molecular weight excluding hydrogens is 333 g/mol. The fraction of sp³-hybridized carbons (Fsp3) is 0.400. The molecule has 0 saturated carbocycles. The molecule has 2 nitrogen and oxygen atoms in total. The van der Waals surface area contributed by atoms with E-state index < -0.39 is 11.7 Å². The molecule has 0 atom stereocenters. The number of rotatable bonds is 2. The average molecular weight is 347 g/mol. The van der Waals surface area contributed by atoms with Crippen molar-refractivity contribution in [1.29, 1.82) is 0 Å². The van der Waals surface area contributed by atoms with Crippen molar-refractivity contribution >= 4 is 34.2 Å². The standard InChI is InChI=1S/C15H14ClF3N2S/c1-8(2)13-12(21-6-5-20-14(21)22-13)9-3-4-11(16)10(7-9)15(17,18)19/h3-4,7-8H,5-6H2,1-2H3. The quantitative estimate of drug-likeness (QED) is 0.740. The van der Waals surface area contributed by atoms with Crippen molar-refractivity contribution in [2.75, 3.05) is 13.1 Å². The number of amidine groups is 1. The zero-order chi connectivity index (χ0) is 16.1. The molecule has 0 radical (unpaired) electrons. The lowest BCUT2D eigenvalue weighted by Crippen LogP contribution is -2.20. The van der Waals surface area contributed by atoms with Crippen molar-refractivity contribution in [1.82, 2.24) is 4.90 Å². The Hall–Kier alpha value is -1.14. The number of hydrogen-bond acceptors (Lipinski definition) is 3. The zero-order valence-corrected chi connectivity index (χ0v) is 13.6. The number of fused-ring (bicyclic) bond motifs is 1. The third-order valence-electron chi connectivity index (χ3n) is 3.58. The van der Waals surface area contributed by atoms with E-state index >= 15 is 0 Å². The van der Waals surface area contributed by atoms with Gasteiger partial charge >= 0.3 is 6.18 Å². The highest BCUT2D eigenvalue weighted by molar-refractivity contribution is 8.17. The van der Waals surface area contributed by atoms with Gasteiger partial charge in [0.05, 0.1) is 22.8 Å². The van der Waals surface area contributed by atoms with Gasteiger partial charge < -0.3 is 4.90 Å². The number of allylic oxidation sites excluding steroid dienone is 1. The number of thioether (sulfide) groups is 1. The first kappa shape index (κ1) is 15.7. The smallest absolute Gasteiger partial charge is 0.318 e. The Morgan fingerprint density at radius 2 is 2.05 bits per heavy atom. The zero-order valence-electron chi connectivity index (χ0n) is 12.0. The third-order valence-corrected chi connectivity index (χ3v) is 5.32. The van der Waals surface area contributed by atoms with Gasteiger partial charge in [0.25, 0.3) is 0 Å². The highest BCUT2D eigenvalue weighted by Crippen LogP contribution is 2.46. The van der Waals surface area contributed by atoms with Gasteiger partial charge in [0.1, 0.15) is 0 Å². The van der Waals surface area contributed by atoms with Crippen molar-refractivity contribution in [3.8, 4) is 0 Å². The minimum atomic E-state index is -4.46. The Balaban J connectivity index is 2.13. The van der Waals surface area contributed by atoms with Crippen molar-refractivity contribution in [3.63, 3.8) is 0 Å². The number of benzene rings is 1. The molecule has 0 aromatic heterocycles. The fourth-order valence-electron chi connectivity index (χ4n) is 2.58. The van der Waals surface area contributed by atoms with Crippen LogP contribution in [-0.2, 0) is 6.18 Å². The van der Waals surface area contributed by atoms with Crippen LogP contribution in [0.1, 0.15) is 25.0 Å². The Kier molecular flexibility index (Phi) is 3.93. The molecule has 0 unspecified atom stereocenters. The van der Waals surface area contributed by atoms with Crippen LogP contribution in [0, 0.1) is 5.92 Å². The lowest BCUT2D eigenvalue weighted by molar-refractivity contribution is -0.137. The summed E-state index contributed by atoms with van der Waals surface area (Å²) in [5, 5.41) is 0.603. The molecule has 0 fully saturated rings. The summed E-state index contributed by atoms with van der Waals surface area (Å²) in [7, 11) is 0. The first-order valence-electron chi connectivity index (χ1n) is 6.90. The number of hydrogen-bond donors (Lipinski definition) is 0. The summed E-state index contributed by atoms with van der Waals surface area (Å²) >= 11 is 7.27. The van der Waals surface area contributed by atoms with Crippen LogP contribution in [0.25, 0.3) is 5.70 Å². The number of halogens is 4. The van der Waals surface area contributed by atoms with E-state index in [0.717, 1.165) is 21.8 Å². The predicted octanol–water partition coefficient (Wildman–Crippen LogP) is 5.10. The second-order valence-electron chi connectivity index (χ2n) is 5.48. The molecule has 0 amide bonds. The fourth-order valence-corrected chi connectivity index (χ4v) is 4.01. The molecule has 3 rings (SSSR count). The van der Waals surface area contributed by atoms with E-state index in [4.69, 9.17) is 11.6 Å². The van der Waals surface area contributed by atoms with Crippen molar-refractivity contribution in [3.05, 3.63) is 39.3 Å². The molecule has 118 valence electrons. The Bertz CT molecular complexity index is 680. The monoisotopic (exact) mass is 346 g/mol. The van der Waals surface area contributed by atoms with E-state index in [1.165, 1.54) is 6.07 Å². The number of nitrogens with zero attached hydrogens (tertiary/aromatic N) is 2. The summed E-state index contributed by atoms with van der Waals surface area (Å²) in [4.78, 5) is 7.46. The van der Waals surface area contributed by atoms with Crippen molar-refractivity contribution in [2.24, 2.45) is 10.9 Å². The normalized spacial score (nSPS) is 18.3. The van der Waals surface area contributed by atoms with E-state index in [9.17, 15) is 13.2 Å². The van der Waals surface area contributed by atoms with Crippen molar-refractivity contribution in [2.45, 2.75) is 20.0 Å². The number of aliphatic imine (C=N–C) groups is 1. The lowest BCUT2D eigenvalue weighted by atomic mass is 10.0. The molecule has 1 aromatic carbocycles. The third kappa shape index (κ3) is 2.63. The Labute approximate surface area is 136 Å². The molecule has 0 bridgehead atoms. The van der Waals surface area contributed by atoms with Gasteiger partial charge in [-0.05, 0) is 23.6 Å². The van der Waals surface area contributed by atoms with Gasteiger partial charge in [-0.2, -0.15) is 13.2 Å². The Morgan fingerprint density at radius 1 is 1.32 bits per heavy atom. The minimum absolute atomic E-state index is 0.221. The molecule has 2 aliphatic heterocycles. The van der Waals surface area contributed by atoms with Crippen LogP contribution in [0.5, 0.6) is 0 Å².